The molecule has 2 fully saturated rings. The summed E-state index contributed by atoms with van der Waals surface area (Å²) in [4.78, 5) is 11.9. The van der Waals surface area contributed by atoms with E-state index in [-0.39, 0.29) is 31.9 Å². The first-order valence-electron chi connectivity index (χ1n) is 14.9. The van der Waals surface area contributed by atoms with Crippen LogP contribution in [0.4, 0.5) is 0 Å². The first kappa shape index (κ1) is 42.0. The monoisotopic (exact) mass is 804 g/mol. The normalized spacial score (nSPS) is 26.5. The minimum Gasteiger partial charge on any atom is 0 e. The second-order valence-electron chi connectivity index (χ2n) is 11.6. The number of carboxylic acid groups (broad SMARTS) is 1. The van der Waals surface area contributed by atoms with E-state index in [1.54, 1.807) is 0 Å². The number of carbonyl (C=O) groups excluding carboxylic acids is 1. The largest absolute Gasteiger partial charge is 0 e. The van der Waals surface area contributed by atoms with Crippen LogP contribution in [0, 0.1) is 43.1 Å². The molecule has 0 saturated heterocycles. The van der Waals surface area contributed by atoms with Gasteiger partial charge in [0, 0.05) is 20.4 Å². The Morgan fingerprint density at radius 2 is 1.63 bits per heavy atom. The van der Waals surface area contributed by atoms with Gasteiger partial charge in [-0.15, -0.1) is 23.5 Å². The molecule has 3 aliphatic rings. The van der Waals surface area contributed by atoms with Crippen molar-refractivity contribution in [2.45, 2.75) is 108 Å². The summed E-state index contributed by atoms with van der Waals surface area (Å²) in [5.74, 6) is 3.36. The molecule has 0 heterocycles. The summed E-state index contributed by atoms with van der Waals surface area (Å²) >= 11 is 3.04. The van der Waals surface area contributed by atoms with Crippen LogP contribution in [-0.4, -0.2) is 37.9 Å². The van der Waals surface area contributed by atoms with E-state index in [0.717, 1.165) is 69.3 Å². The summed E-state index contributed by atoms with van der Waals surface area (Å²) < 4.78 is 21.7. The number of fused-ring (bicyclic) bond motifs is 5. The fourth-order valence-corrected chi connectivity index (χ4v) is 10.8. The number of aliphatic carboxylic acids is 1. The van der Waals surface area contributed by atoms with Gasteiger partial charge in [-0.25, -0.2) is 0 Å². The third-order valence-electron chi connectivity index (χ3n) is 9.73. The quantitative estimate of drug-likeness (QED) is 0.115. The van der Waals surface area contributed by atoms with Gasteiger partial charge in [0.1, 0.15) is 9.83 Å². The van der Waals surface area contributed by atoms with E-state index in [9.17, 15) is 20.1 Å². The minimum absolute atomic E-state index is 0. The van der Waals surface area contributed by atoms with Gasteiger partial charge in [0.25, 0.3) is 0 Å². The van der Waals surface area contributed by atoms with Gasteiger partial charge < -0.3 is 20.1 Å². The Balaban J connectivity index is 0.00000237. The van der Waals surface area contributed by atoms with E-state index >= 15 is 0 Å². The molecule has 1 radical (unpaired) electrons. The van der Waals surface area contributed by atoms with Gasteiger partial charge in [-0.3, -0.25) is 0 Å². The molecule has 2 N–H and O–H groups in total. The molecule has 0 amide bonds. The van der Waals surface area contributed by atoms with Crippen LogP contribution < -0.4 is 5.11 Å². The van der Waals surface area contributed by atoms with E-state index in [1.807, 2.05) is 26.0 Å². The predicted octanol–water partition coefficient (Wildman–Crippen LogP) is 6.01. The van der Waals surface area contributed by atoms with Gasteiger partial charge >= 0.3 is 33.9 Å². The van der Waals surface area contributed by atoms with Crippen molar-refractivity contribution in [3.63, 3.8) is 0 Å². The van der Waals surface area contributed by atoms with Crippen molar-refractivity contribution in [2.24, 2.45) is 23.2 Å². The number of aliphatic hydroxyl groups excluding tert-OH is 1. The number of thioether (sulfide) groups is 2. The Hall–Kier alpha value is -0.968. The van der Waals surface area contributed by atoms with E-state index in [0.29, 0.717) is 35.8 Å². The zero-order chi connectivity index (χ0) is 31.9. The van der Waals surface area contributed by atoms with E-state index < -0.39 is 10.0 Å². The smallest absolute Gasteiger partial charge is 0 e. The number of rotatable bonds is 12. The summed E-state index contributed by atoms with van der Waals surface area (Å²) in [7, 11) is 0. The van der Waals surface area contributed by atoms with Crippen LogP contribution in [0.5, 0.6) is 5.75 Å². The van der Waals surface area contributed by atoms with Gasteiger partial charge in [-0.2, -0.15) is 0 Å². The minimum atomic E-state index is -0.921. The van der Waals surface area contributed by atoms with Crippen LogP contribution in [0.25, 0.3) is 0 Å². The molecule has 43 heavy (non-hydrogen) atoms. The van der Waals surface area contributed by atoms with Crippen molar-refractivity contribution >= 4 is 29.5 Å². The first-order chi connectivity index (χ1) is 20.3. The summed E-state index contributed by atoms with van der Waals surface area (Å²) in [6, 6.07) is 6.01. The predicted molar refractivity (Wildman–Crippen MR) is 161 cm³/mol. The van der Waals surface area contributed by atoms with Crippen molar-refractivity contribution in [3.8, 4) is 5.75 Å². The molecular weight excluding hydrogens is 759 g/mol. The average molecular weight is 804 g/mol. The van der Waals surface area contributed by atoms with Crippen molar-refractivity contribution < 1.29 is 54.5 Å². The van der Waals surface area contributed by atoms with Crippen molar-refractivity contribution in [1.82, 2.24) is 0 Å². The summed E-state index contributed by atoms with van der Waals surface area (Å²) in [5.41, 5.74) is 2.82. The van der Waals surface area contributed by atoms with E-state index in [4.69, 9.17) is 14.0 Å². The molecule has 0 spiro atoms. The summed E-state index contributed by atoms with van der Waals surface area (Å²) in [5, 5.41) is 33.0. The number of unbranched alkanes of at least 4 members (excludes halogenated alkanes) is 3. The molecule has 1 aromatic carbocycles. The van der Waals surface area contributed by atoms with Crippen LogP contribution >= 0.6 is 23.5 Å². The zero-order valence-corrected chi connectivity index (χ0v) is 29.8. The van der Waals surface area contributed by atoms with Crippen LogP contribution in [0.2, 0.25) is 0 Å². The maximum Gasteiger partial charge on any atom is 0 e. The standard InChI is InChI=1S/C30H46O4S2.3CO.Re/c1-4-35-30(28(33)34,36-5-2)16-9-7-6-8-10-20-18-21-19-22(31)11-12-23(21)24-15-17-29(3)25(27(20)24)13-14-26(29)32;3*1-2;/h11-12,19-20,24-27,31-32H,4-10,13-18H2,1-3H3,(H,33,34);;;;/p-1/t20?,24?,25?,26-,27?,29-;;;;/m0..../s1. The molecule has 4 unspecified atom stereocenters. The van der Waals surface area contributed by atoms with E-state index in [1.165, 1.54) is 41.1 Å². The summed E-state index contributed by atoms with van der Waals surface area (Å²) in [6.07, 6.45) is 11.3. The Kier molecular flexibility index (Phi) is 20.5. The number of hydrogen-bond donors (Lipinski definition) is 2. The number of carbonyl (C=O) groups is 1. The fraction of sp³-hybridized carbons (Fsp3) is 0.697. The van der Waals surface area contributed by atoms with Gasteiger partial charge in [0.2, 0.25) is 0 Å². The zero-order valence-electron chi connectivity index (χ0n) is 25.4. The van der Waals surface area contributed by atoms with Gasteiger partial charge in [0.15, 0.2) is 0 Å². The Labute approximate surface area is 279 Å². The van der Waals surface area contributed by atoms with Crippen molar-refractivity contribution in [1.29, 1.82) is 0 Å². The van der Waals surface area contributed by atoms with Crippen LogP contribution in [-0.2, 0) is 45.6 Å². The molecular formula is C33H45O7ReS2-. The SMILES string of the molecule is CCSC(CCCCCCC1Cc2cc(O)ccc2C2CC[C@@]3(C)C(CC[C@@H]3O)C12)(SCC)C(=O)[O-].[C-]#[O+].[C-]#[O+].[C-]#[O+].[Re]. The number of phenols is 1. The van der Waals surface area contributed by atoms with Gasteiger partial charge in [0.05, 0.1) is 12.1 Å². The van der Waals surface area contributed by atoms with Crippen molar-refractivity contribution in [2.75, 3.05) is 11.5 Å². The molecule has 7 nitrogen and oxygen atoms in total. The van der Waals surface area contributed by atoms with Crippen LogP contribution in [0.3, 0.4) is 0 Å². The molecule has 1 aromatic rings. The number of phenolic OH excluding ortho intramolecular Hbond substituents is 1. The molecule has 10 heteroatoms. The number of carboxylic acids is 1. The summed E-state index contributed by atoms with van der Waals surface area (Å²) in [6.45, 7) is 19.9. The molecule has 239 valence electrons. The van der Waals surface area contributed by atoms with Crippen LogP contribution in [0.1, 0.15) is 102 Å². The molecule has 4 rings (SSSR count). The second kappa shape index (κ2) is 20.9. The number of aliphatic hydroxyl groups is 1. The average Bonchev–Trinajstić information content (AvgIpc) is 3.31. The van der Waals surface area contributed by atoms with Gasteiger partial charge in [-0.05, 0) is 109 Å². The first-order valence-corrected chi connectivity index (χ1v) is 16.8. The van der Waals surface area contributed by atoms with Gasteiger partial charge in [-0.1, -0.05) is 52.5 Å². The topological polar surface area (TPSA) is 140 Å². The third kappa shape index (κ3) is 10.0. The maximum atomic E-state index is 11.9. The Morgan fingerprint density at radius 3 is 2.21 bits per heavy atom. The number of hydrogen-bond acceptors (Lipinski definition) is 6. The fourth-order valence-electron chi connectivity index (χ4n) is 8.02. The molecule has 3 aliphatic carbocycles. The number of benzene rings is 1. The maximum absolute atomic E-state index is 11.9. The molecule has 0 aromatic heterocycles. The molecule has 0 bridgehead atoms. The van der Waals surface area contributed by atoms with Crippen LogP contribution in [0.15, 0.2) is 18.2 Å². The second-order valence-corrected chi connectivity index (χ2v) is 15.0. The van der Waals surface area contributed by atoms with E-state index in [2.05, 4.69) is 32.9 Å². The molecule has 0 aliphatic heterocycles. The third-order valence-corrected chi connectivity index (χ3v) is 12.7. The number of aromatic hydroxyl groups is 1. The molecule has 6 atom stereocenters. The van der Waals surface area contributed by atoms with Crippen molar-refractivity contribution in [3.05, 3.63) is 49.3 Å². The molecule has 2 saturated carbocycles. The Morgan fingerprint density at radius 1 is 1.02 bits per heavy atom. The Bertz CT molecular complexity index is 1030.